The molecule has 19 heavy (non-hydrogen) atoms. The molecule has 0 spiro atoms. The van der Waals surface area contributed by atoms with Crippen LogP contribution in [0.3, 0.4) is 0 Å². The quantitative estimate of drug-likeness (QED) is 0.869. The Bertz CT molecular complexity index is 529. The standard InChI is InChI=1S/C14H19N3O2/c1-14(2)13(19)15-7-9-17(14)12(18)11-4-3-8-16(11)10-5-6-10/h3-4,8,10H,5-7,9H2,1-2H3,(H,15,19). The van der Waals surface area contributed by atoms with Gasteiger partial charge in [0.1, 0.15) is 11.2 Å². The monoisotopic (exact) mass is 261 g/mol. The minimum atomic E-state index is -0.784. The largest absolute Gasteiger partial charge is 0.352 e. The maximum absolute atomic E-state index is 12.7. The number of aromatic nitrogens is 1. The average molecular weight is 261 g/mol. The van der Waals surface area contributed by atoms with Crippen molar-refractivity contribution < 1.29 is 9.59 Å². The van der Waals surface area contributed by atoms with Crippen LogP contribution in [0.15, 0.2) is 18.3 Å². The maximum atomic E-state index is 12.7. The molecule has 1 saturated carbocycles. The predicted molar refractivity (Wildman–Crippen MR) is 70.8 cm³/mol. The zero-order valence-corrected chi connectivity index (χ0v) is 11.3. The van der Waals surface area contributed by atoms with Gasteiger partial charge in [-0.15, -0.1) is 0 Å². The molecule has 0 atom stereocenters. The van der Waals surface area contributed by atoms with Crippen LogP contribution in [0.1, 0.15) is 43.2 Å². The van der Waals surface area contributed by atoms with Crippen molar-refractivity contribution in [1.82, 2.24) is 14.8 Å². The number of rotatable bonds is 2. The van der Waals surface area contributed by atoms with E-state index in [1.54, 1.807) is 18.7 Å². The zero-order valence-electron chi connectivity index (χ0n) is 11.3. The lowest BCUT2D eigenvalue weighted by Gasteiger charge is -2.41. The summed E-state index contributed by atoms with van der Waals surface area (Å²) in [5.41, 5.74) is -0.0844. The molecule has 2 amide bonds. The van der Waals surface area contributed by atoms with Crippen LogP contribution < -0.4 is 5.32 Å². The molecule has 3 rings (SSSR count). The van der Waals surface area contributed by atoms with Crippen molar-refractivity contribution in [3.63, 3.8) is 0 Å². The van der Waals surface area contributed by atoms with Gasteiger partial charge in [0.15, 0.2) is 0 Å². The van der Waals surface area contributed by atoms with E-state index in [9.17, 15) is 9.59 Å². The van der Waals surface area contributed by atoms with Gasteiger partial charge < -0.3 is 14.8 Å². The summed E-state index contributed by atoms with van der Waals surface area (Å²) < 4.78 is 2.05. The number of carbonyl (C=O) groups excluding carboxylic acids is 2. The highest BCUT2D eigenvalue weighted by molar-refractivity contribution is 5.98. The minimum absolute atomic E-state index is 0.0447. The molecule has 0 radical (unpaired) electrons. The molecule has 1 saturated heterocycles. The summed E-state index contributed by atoms with van der Waals surface area (Å²) in [7, 11) is 0. The molecular weight excluding hydrogens is 242 g/mol. The van der Waals surface area contributed by atoms with Crippen molar-refractivity contribution in [3.8, 4) is 0 Å². The Morgan fingerprint density at radius 1 is 1.42 bits per heavy atom. The van der Waals surface area contributed by atoms with Gasteiger partial charge in [-0.1, -0.05) is 0 Å². The summed E-state index contributed by atoms with van der Waals surface area (Å²) >= 11 is 0. The Kier molecular flexibility index (Phi) is 2.66. The van der Waals surface area contributed by atoms with Crippen LogP contribution in [0.4, 0.5) is 0 Å². The van der Waals surface area contributed by atoms with Crippen molar-refractivity contribution in [1.29, 1.82) is 0 Å². The normalized spacial score (nSPS) is 22.2. The highest BCUT2D eigenvalue weighted by Gasteiger charge is 2.41. The summed E-state index contributed by atoms with van der Waals surface area (Å²) in [6, 6.07) is 4.22. The number of piperazine rings is 1. The van der Waals surface area contributed by atoms with E-state index in [0.29, 0.717) is 24.8 Å². The van der Waals surface area contributed by atoms with Crippen LogP contribution in [-0.4, -0.2) is 39.9 Å². The number of hydrogen-bond donors (Lipinski definition) is 1. The minimum Gasteiger partial charge on any atom is -0.352 e. The fraction of sp³-hybridized carbons (Fsp3) is 0.571. The number of nitrogens with zero attached hydrogens (tertiary/aromatic N) is 2. The summed E-state index contributed by atoms with van der Waals surface area (Å²) in [5, 5.41) is 2.81. The van der Waals surface area contributed by atoms with Gasteiger partial charge in [-0.2, -0.15) is 0 Å². The molecule has 0 bridgehead atoms. The van der Waals surface area contributed by atoms with E-state index in [1.165, 1.54) is 0 Å². The van der Waals surface area contributed by atoms with Crippen LogP contribution in [0.2, 0.25) is 0 Å². The van der Waals surface area contributed by atoms with Crippen molar-refractivity contribution >= 4 is 11.8 Å². The fourth-order valence-corrected chi connectivity index (χ4v) is 2.64. The average Bonchev–Trinajstić information content (AvgIpc) is 3.09. The van der Waals surface area contributed by atoms with Crippen LogP contribution >= 0.6 is 0 Å². The van der Waals surface area contributed by atoms with E-state index in [4.69, 9.17) is 0 Å². The second-order valence-electron chi connectivity index (χ2n) is 5.80. The van der Waals surface area contributed by atoms with Gasteiger partial charge in [0.2, 0.25) is 5.91 Å². The third kappa shape index (κ3) is 1.93. The highest BCUT2D eigenvalue weighted by atomic mass is 16.2. The fourth-order valence-electron chi connectivity index (χ4n) is 2.64. The van der Waals surface area contributed by atoms with Gasteiger partial charge in [0.25, 0.3) is 5.91 Å². The molecular formula is C14H19N3O2. The molecule has 5 nitrogen and oxygen atoms in total. The van der Waals surface area contributed by atoms with E-state index in [1.807, 2.05) is 22.9 Å². The molecule has 102 valence electrons. The van der Waals surface area contributed by atoms with E-state index in [-0.39, 0.29) is 11.8 Å². The van der Waals surface area contributed by atoms with Gasteiger partial charge in [-0.3, -0.25) is 9.59 Å². The van der Waals surface area contributed by atoms with Crippen LogP contribution in [0.25, 0.3) is 0 Å². The molecule has 0 aromatic carbocycles. The SMILES string of the molecule is CC1(C)C(=O)NCCN1C(=O)c1cccn1C1CC1. The van der Waals surface area contributed by atoms with Gasteiger partial charge >= 0.3 is 0 Å². The Balaban J connectivity index is 1.90. The Labute approximate surface area is 112 Å². The van der Waals surface area contributed by atoms with Crippen LogP contribution in [0, 0.1) is 0 Å². The summed E-state index contributed by atoms with van der Waals surface area (Å²) in [6.07, 6.45) is 4.24. The lowest BCUT2D eigenvalue weighted by molar-refractivity contribution is -0.133. The molecule has 1 aliphatic carbocycles. The van der Waals surface area contributed by atoms with Crippen molar-refractivity contribution in [3.05, 3.63) is 24.0 Å². The highest BCUT2D eigenvalue weighted by Crippen LogP contribution is 2.36. The van der Waals surface area contributed by atoms with E-state index >= 15 is 0 Å². The second kappa shape index (κ2) is 4.11. The van der Waals surface area contributed by atoms with E-state index in [0.717, 1.165) is 12.8 Å². The van der Waals surface area contributed by atoms with Gasteiger partial charge in [-0.05, 0) is 38.8 Å². The topological polar surface area (TPSA) is 54.3 Å². The summed E-state index contributed by atoms with van der Waals surface area (Å²) in [4.78, 5) is 26.3. The number of hydrogen-bond acceptors (Lipinski definition) is 2. The van der Waals surface area contributed by atoms with E-state index < -0.39 is 5.54 Å². The van der Waals surface area contributed by atoms with Gasteiger partial charge in [0, 0.05) is 25.3 Å². The first-order valence-electron chi connectivity index (χ1n) is 6.79. The summed E-state index contributed by atoms with van der Waals surface area (Å²) in [6.45, 7) is 4.68. The van der Waals surface area contributed by atoms with E-state index in [2.05, 4.69) is 5.32 Å². The number of carbonyl (C=O) groups is 2. The third-order valence-electron chi connectivity index (χ3n) is 4.03. The smallest absolute Gasteiger partial charge is 0.271 e. The lowest BCUT2D eigenvalue weighted by atomic mass is 9.98. The van der Waals surface area contributed by atoms with Crippen LogP contribution in [-0.2, 0) is 4.79 Å². The van der Waals surface area contributed by atoms with Crippen molar-refractivity contribution in [2.45, 2.75) is 38.3 Å². The predicted octanol–water partition coefficient (Wildman–Crippen LogP) is 1.17. The number of nitrogens with one attached hydrogen (secondary N) is 1. The maximum Gasteiger partial charge on any atom is 0.271 e. The second-order valence-corrected chi connectivity index (χ2v) is 5.80. The van der Waals surface area contributed by atoms with Gasteiger partial charge in [-0.25, -0.2) is 0 Å². The molecule has 1 aliphatic heterocycles. The van der Waals surface area contributed by atoms with Gasteiger partial charge in [0.05, 0.1) is 0 Å². The number of amides is 2. The molecule has 2 aliphatic rings. The first kappa shape index (κ1) is 12.3. The lowest BCUT2D eigenvalue weighted by Crippen LogP contribution is -2.63. The first-order chi connectivity index (χ1) is 9.01. The van der Waals surface area contributed by atoms with Crippen molar-refractivity contribution in [2.75, 3.05) is 13.1 Å². The zero-order chi connectivity index (χ0) is 13.6. The van der Waals surface area contributed by atoms with Crippen molar-refractivity contribution in [2.24, 2.45) is 0 Å². The Morgan fingerprint density at radius 3 is 2.84 bits per heavy atom. The molecule has 1 aromatic rings. The molecule has 2 fully saturated rings. The molecule has 2 heterocycles. The molecule has 0 unspecified atom stereocenters. The third-order valence-corrected chi connectivity index (χ3v) is 4.03. The molecule has 1 aromatic heterocycles. The van der Waals surface area contributed by atoms with Crippen LogP contribution in [0.5, 0.6) is 0 Å². The Morgan fingerprint density at radius 2 is 2.16 bits per heavy atom. The first-order valence-corrected chi connectivity index (χ1v) is 6.79. The Hall–Kier alpha value is -1.78. The molecule has 1 N–H and O–H groups in total. The summed E-state index contributed by atoms with van der Waals surface area (Å²) in [5.74, 6) is -0.131. The molecule has 5 heteroatoms.